The summed E-state index contributed by atoms with van der Waals surface area (Å²) in [5.41, 5.74) is 1.34. The van der Waals surface area contributed by atoms with Crippen LogP contribution in [0.3, 0.4) is 0 Å². The summed E-state index contributed by atoms with van der Waals surface area (Å²) in [4.78, 5) is 31.1. The second-order valence-electron chi connectivity index (χ2n) is 7.19. The predicted octanol–water partition coefficient (Wildman–Crippen LogP) is 2.30. The van der Waals surface area contributed by atoms with E-state index in [1.807, 2.05) is 6.07 Å². The number of likely N-dealkylation sites (N-methyl/N-ethyl adjacent to an activating group) is 1. The maximum atomic E-state index is 12.8. The van der Waals surface area contributed by atoms with E-state index in [9.17, 15) is 18.0 Å². The summed E-state index contributed by atoms with van der Waals surface area (Å²) in [5.74, 6) is -0.608. The standard InChI is InChI=1S/C21H20N2O6S/c1-23(14-8-10-30(26,27)13-14)20(24)12-29-21(25)16-11-18(19-7-4-9-28-19)22-17-6-3-2-5-15(16)17/h2-7,9,11,14H,8,10,12-13H2,1H3/t14-/m0/s1. The smallest absolute Gasteiger partial charge is 0.339 e. The Hall–Kier alpha value is -3.20. The van der Waals surface area contributed by atoms with Crippen molar-refractivity contribution >= 4 is 32.6 Å². The lowest BCUT2D eigenvalue weighted by molar-refractivity contribution is -0.134. The van der Waals surface area contributed by atoms with Gasteiger partial charge in [0.15, 0.2) is 22.2 Å². The van der Waals surface area contributed by atoms with Crippen LogP contribution in [0.1, 0.15) is 16.8 Å². The largest absolute Gasteiger partial charge is 0.463 e. The highest BCUT2D eigenvalue weighted by atomic mass is 32.2. The normalized spacial score (nSPS) is 17.7. The Balaban J connectivity index is 1.52. The lowest BCUT2D eigenvalue weighted by atomic mass is 10.1. The van der Waals surface area contributed by atoms with E-state index in [0.29, 0.717) is 28.8 Å². The molecule has 1 fully saturated rings. The monoisotopic (exact) mass is 428 g/mol. The van der Waals surface area contributed by atoms with Crippen LogP contribution in [-0.4, -0.2) is 61.4 Å². The molecule has 30 heavy (non-hydrogen) atoms. The van der Waals surface area contributed by atoms with Gasteiger partial charge in [0.25, 0.3) is 5.91 Å². The molecule has 4 rings (SSSR count). The Labute approximate surface area is 173 Å². The summed E-state index contributed by atoms with van der Waals surface area (Å²) in [6.45, 7) is -0.474. The molecule has 1 atom stereocenters. The summed E-state index contributed by atoms with van der Waals surface area (Å²) in [7, 11) is -1.59. The van der Waals surface area contributed by atoms with Crippen molar-refractivity contribution in [1.29, 1.82) is 0 Å². The predicted molar refractivity (Wildman–Crippen MR) is 110 cm³/mol. The highest BCUT2D eigenvalue weighted by Crippen LogP contribution is 2.26. The molecule has 1 saturated heterocycles. The van der Waals surface area contributed by atoms with E-state index in [1.165, 1.54) is 18.2 Å². The van der Waals surface area contributed by atoms with E-state index in [1.54, 1.807) is 36.4 Å². The highest BCUT2D eigenvalue weighted by molar-refractivity contribution is 7.91. The minimum absolute atomic E-state index is 0.0631. The molecule has 0 unspecified atom stereocenters. The average Bonchev–Trinajstić information content (AvgIpc) is 3.40. The molecule has 3 aromatic rings. The number of fused-ring (bicyclic) bond motifs is 1. The molecule has 0 spiro atoms. The first kappa shape index (κ1) is 20.1. The molecule has 2 aromatic heterocycles. The van der Waals surface area contributed by atoms with Gasteiger partial charge >= 0.3 is 5.97 Å². The fourth-order valence-corrected chi connectivity index (χ4v) is 5.26. The Kier molecular flexibility index (Phi) is 5.29. The first-order chi connectivity index (χ1) is 14.3. The van der Waals surface area contributed by atoms with Gasteiger partial charge in [0.1, 0.15) is 5.69 Å². The van der Waals surface area contributed by atoms with Gasteiger partial charge in [0.05, 0.1) is 28.8 Å². The van der Waals surface area contributed by atoms with Crippen molar-refractivity contribution < 1.29 is 27.2 Å². The molecule has 1 amide bonds. The molecule has 0 radical (unpaired) electrons. The number of hydrogen-bond donors (Lipinski definition) is 0. The Morgan fingerprint density at radius 2 is 2.03 bits per heavy atom. The van der Waals surface area contributed by atoms with Gasteiger partial charge < -0.3 is 14.1 Å². The SMILES string of the molecule is CN(C(=O)COC(=O)c1cc(-c2ccco2)nc2ccccc12)[C@H]1CCS(=O)(=O)C1. The van der Waals surface area contributed by atoms with Crippen LogP contribution in [-0.2, 0) is 19.4 Å². The number of hydrogen-bond acceptors (Lipinski definition) is 7. The summed E-state index contributed by atoms with van der Waals surface area (Å²) in [6.07, 6.45) is 1.90. The van der Waals surface area contributed by atoms with Crippen LogP contribution in [0.15, 0.2) is 53.1 Å². The molecule has 1 aliphatic heterocycles. The number of ether oxygens (including phenoxy) is 1. The quantitative estimate of drug-likeness (QED) is 0.574. The van der Waals surface area contributed by atoms with Crippen LogP contribution in [0.2, 0.25) is 0 Å². The zero-order valence-electron chi connectivity index (χ0n) is 16.3. The van der Waals surface area contributed by atoms with Crippen molar-refractivity contribution in [2.45, 2.75) is 12.5 Å². The van der Waals surface area contributed by atoms with Crippen LogP contribution in [0, 0.1) is 0 Å². The third-order valence-electron chi connectivity index (χ3n) is 5.19. The molecule has 8 nitrogen and oxygen atoms in total. The van der Waals surface area contributed by atoms with E-state index >= 15 is 0 Å². The molecule has 9 heteroatoms. The molecular formula is C21H20N2O6S. The second-order valence-corrected chi connectivity index (χ2v) is 9.42. The van der Waals surface area contributed by atoms with Gasteiger partial charge in [-0.25, -0.2) is 18.2 Å². The van der Waals surface area contributed by atoms with Gasteiger partial charge in [-0.2, -0.15) is 0 Å². The lowest BCUT2D eigenvalue weighted by Crippen LogP contribution is -2.40. The zero-order chi connectivity index (χ0) is 21.3. The van der Waals surface area contributed by atoms with E-state index in [4.69, 9.17) is 9.15 Å². The van der Waals surface area contributed by atoms with E-state index < -0.39 is 34.4 Å². The fourth-order valence-electron chi connectivity index (χ4n) is 3.49. The number of aromatic nitrogens is 1. The summed E-state index contributed by atoms with van der Waals surface area (Å²) in [5, 5.41) is 0.598. The minimum Gasteiger partial charge on any atom is -0.463 e. The third-order valence-corrected chi connectivity index (χ3v) is 6.94. The number of carbonyl (C=O) groups is 2. The number of benzene rings is 1. The van der Waals surface area contributed by atoms with E-state index in [2.05, 4.69) is 4.98 Å². The van der Waals surface area contributed by atoms with Gasteiger partial charge in [-0.3, -0.25) is 4.79 Å². The van der Waals surface area contributed by atoms with Crippen molar-refractivity contribution in [3.63, 3.8) is 0 Å². The molecule has 0 aliphatic carbocycles. The van der Waals surface area contributed by atoms with Crippen LogP contribution in [0.25, 0.3) is 22.4 Å². The first-order valence-corrected chi connectivity index (χ1v) is 11.2. The number of furan rings is 1. The van der Waals surface area contributed by atoms with Gasteiger partial charge in [0, 0.05) is 18.5 Å². The minimum atomic E-state index is -3.12. The topological polar surface area (TPSA) is 107 Å². The first-order valence-electron chi connectivity index (χ1n) is 9.41. The van der Waals surface area contributed by atoms with Crippen LogP contribution < -0.4 is 0 Å². The Bertz CT molecular complexity index is 1200. The average molecular weight is 428 g/mol. The second kappa shape index (κ2) is 7.91. The number of rotatable bonds is 5. The molecule has 0 saturated carbocycles. The van der Waals surface area contributed by atoms with Crippen LogP contribution >= 0.6 is 0 Å². The number of sulfone groups is 1. The summed E-state index contributed by atoms with van der Waals surface area (Å²) in [6, 6.07) is 11.8. The Morgan fingerprint density at radius 3 is 2.73 bits per heavy atom. The van der Waals surface area contributed by atoms with Gasteiger partial charge in [-0.15, -0.1) is 0 Å². The third kappa shape index (κ3) is 4.06. The van der Waals surface area contributed by atoms with Crippen molar-refractivity contribution in [2.24, 2.45) is 0 Å². The highest BCUT2D eigenvalue weighted by Gasteiger charge is 2.33. The van der Waals surface area contributed by atoms with Crippen molar-refractivity contribution in [1.82, 2.24) is 9.88 Å². The van der Waals surface area contributed by atoms with Crippen LogP contribution in [0.4, 0.5) is 0 Å². The van der Waals surface area contributed by atoms with Gasteiger partial charge in [-0.05, 0) is 30.7 Å². The number of esters is 1. The van der Waals surface area contributed by atoms with Crippen molar-refractivity contribution in [3.8, 4) is 11.5 Å². The Morgan fingerprint density at radius 1 is 1.23 bits per heavy atom. The summed E-state index contributed by atoms with van der Waals surface area (Å²) < 4.78 is 33.9. The maximum Gasteiger partial charge on any atom is 0.339 e. The maximum absolute atomic E-state index is 12.8. The molecule has 1 aliphatic rings. The van der Waals surface area contributed by atoms with E-state index in [0.717, 1.165) is 0 Å². The molecule has 1 aromatic carbocycles. The molecule has 3 heterocycles. The number of carbonyl (C=O) groups excluding carboxylic acids is 2. The number of pyridine rings is 1. The van der Waals surface area contributed by atoms with Gasteiger partial charge in [-0.1, -0.05) is 18.2 Å². The number of para-hydroxylation sites is 1. The van der Waals surface area contributed by atoms with Crippen molar-refractivity contribution in [3.05, 3.63) is 54.3 Å². The van der Waals surface area contributed by atoms with E-state index in [-0.39, 0.29) is 17.1 Å². The number of nitrogens with zero attached hydrogens (tertiary/aromatic N) is 2. The molecule has 0 N–H and O–H groups in total. The number of amides is 1. The molecule has 156 valence electrons. The lowest BCUT2D eigenvalue weighted by Gasteiger charge is -2.23. The van der Waals surface area contributed by atoms with Gasteiger partial charge in [0.2, 0.25) is 0 Å². The van der Waals surface area contributed by atoms with Crippen LogP contribution in [0.5, 0.6) is 0 Å². The fraction of sp³-hybridized carbons (Fsp3) is 0.286. The molecule has 0 bridgehead atoms. The zero-order valence-corrected chi connectivity index (χ0v) is 17.1. The molecular weight excluding hydrogens is 408 g/mol. The van der Waals surface area contributed by atoms with Crippen molar-refractivity contribution in [2.75, 3.05) is 25.2 Å². The summed E-state index contributed by atoms with van der Waals surface area (Å²) >= 11 is 0.